The molecule has 0 unspecified atom stereocenters. The van der Waals surface area contributed by atoms with Gasteiger partial charge in [0.05, 0.1) is 16.8 Å². The van der Waals surface area contributed by atoms with Crippen LogP contribution >= 0.6 is 0 Å². The van der Waals surface area contributed by atoms with Gasteiger partial charge in [-0.2, -0.15) is 0 Å². The lowest BCUT2D eigenvalue weighted by Gasteiger charge is -2.20. The van der Waals surface area contributed by atoms with E-state index in [1.165, 1.54) is 18.2 Å². The number of benzene rings is 3. The first-order chi connectivity index (χ1) is 15.9. The molecule has 3 aromatic rings. The highest BCUT2D eigenvalue weighted by molar-refractivity contribution is 6.30. The van der Waals surface area contributed by atoms with E-state index in [-0.39, 0.29) is 39.3 Å². The molecule has 9 nitrogen and oxygen atoms in total. The fourth-order valence-corrected chi connectivity index (χ4v) is 3.42. The highest BCUT2D eigenvalue weighted by Crippen LogP contribution is 2.32. The number of carbonyl (C=O) groups is 5. The van der Waals surface area contributed by atoms with Crippen LogP contribution in [-0.4, -0.2) is 36.0 Å². The van der Waals surface area contributed by atoms with Crippen LogP contribution < -0.4 is 16.6 Å². The van der Waals surface area contributed by atoms with Crippen molar-refractivity contribution in [3.8, 4) is 0 Å². The molecule has 1 aliphatic carbocycles. The third kappa shape index (κ3) is 4.07. The predicted molar refractivity (Wildman–Crippen MR) is 116 cm³/mol. The number of anilines is 1. The van der Waals surface area contributed by atoms with Crippen molar-refractivity contribution in [2.24, 2.45) is 0 Å². The molecular formula is C24H17N3O6. The van der Waals surface area contributed by atoms with Gasteiger partial charge in [0.2, 0.25) is 0 Å². The summed E-state index contributed by atoms with van der Waals surface area (Å²) in [5.41, 5.74) is 10.8. The molecule has 0 bridgehead atoms. The fraction of sp³-hybridized carbons (Fsp3) is 0.0417. The second-order valence-electron chi connectivity index (χ2n) is 7.10. The third-order valence-corrected chi connectivity index (χ3v) is 5.04. The molecule has 0 spiro atoms. The number of ether oxygens (including phenoxy) is 1. The van der Waals surface area contributed by atoms with E-state index in [2.05, 4.69) is 10.9 Å². The minimum atomic E-state index is -0.959. The molecule has 4 rings (SSSR count). The molecule has 164 valence electrons. The zero-order valence-corrected chi connectivity index (χ0v) is 17.1. The van der Waals surface area contributed by atoms with Crippen LogP contribution in [0.1, 0.15) is 52.6 Å². The zero-order valence-electron chi connectivity index (χ0n) is 17.1. The first-order valence-corrected chi connectivity index (χ1v) is 9.80. The highest BCUT2D eigenvalue weighted by Gasteiger charge is 2.33. The number of nitrogen functional groups attached to an aromatic ring is 1. The highest BCUT2D eigenvalue weighted by atomic mass is 16.5. The Bertz CT molecular complexity index is 1320. The van der Waals surface area contributed by atoms with E-state index >= 15 is 0 Å². The molecule has 9 heteroatoms. The second kappa shape index (κ2) is 8.75. The summed E-state index contributed by atoms with van der Waals surface area (Å²) in [6.07, 6.45) is 0. The molecule has 0 radical (unpaired) electrons. The summed E-state index contributed by atoms with van der Waals surface area (Å²) >= 11 is 0. The van der Waals surface area contributed by atoms with E-state index in [0.29, 0.717) is 5.56 Å². The first-order valence-electron chi connectivity index (χ1n) is 9.80. The van der Waals surface area contributed by atoms with E-state index in [1.54, 1.807) is 48.5 Å². The molecule has 4 N–H and O–H groups in total. The van der Waals surface area contributed by atoms with Gasteiger partial charge in [0.25, 0.3) is 11.8 Å². The van der Waals surface area contributed by atoms with Crippen LogP contribution in [0.25, 0.3) is 0 Å². The van der Waals surface area contributed by atoms with Gasteiger partial charge in [0, 0.05) is 22.3 Å². The number of fused-ring (bicyclic) bond motifs is 2. The van der Waals surface area contributed by atoms with Gasteiger partial charge in [-0.25, -0.2) is 4.79 Å². The SMILES string of the molecule is Nc1c(C(=O)OCC(=O)NNC(=O)c2ccccc2)ccc2c1C(=O)c1ccccc1C2=O. The number of rotatable bonds is 4. The Morgan fingerprint density at radius 2 is 1.39 bits per heavy atom. The summed E-state index contributed by atoms with van der Waals surface area (Å²) in [7, 11) is 0. The Morgan fingerprint density at radius 3 is 2.09 bits per heavy atom. The number of carbonyl (C=O) groups excluding carboxylic acids is 5. The average molecular weight is 443 g/mol. The lowest BCUT2D eigenvalue weighted by atomic mass is 9.82. The standard InChI is InChI=1S/C24H17N3O6/c25-20-17(11-10-16-19(20)22(30)15-9-5-4-8-14(15)21(16)29)24(32)33-12-18(28)26-27-23(31)13-6-2-1-3-7-13/h1-11H,12,25H2,(H,26,28)(H,27,31). The lowest BCUT2D eigenvalue weighted by molar-refractivity contribution is -0.125. The molecule has 0 aromatic heterocycles. The number of hydrazine groups is 1. The van der Waals surface area contributed by atoms with Crippen LogP contribution in [0, 0.1) is 0 Å². The van der Waals surface area contributed by atoms with Gasteiger partial charge >= 0.3 is 5.97 Å². The Labute approximate surface area is 187 Å². The number of nitrogens with one attached hydrogen (secondary N) is 2. The lowest BCUT2D eigenvalue weighted by Crippen LogP contribution is -2.43. The topological polar surface area (TPSA) is 145 Å². The van der Waals surface area contributed by atoms with Crippen molar-refractivity contribution >= 4 is 35.0 Å². The maximum absolute atomic E-state index is 12.9. The van der Waals surface area contributed by atoms with Gasteiger partial charge in [-0.1, -0.05) is 42.5 Å². The van der Waals surface area contributed by atoms with Crippen molar-refractivity contribution in [1.29, 1.82) is 0 Å². The van der Waals surface area contributed by atoms with Gasteiger partial charge in [-0.05, 0) is 24.3 Å². The average Bonchev–Trinajstić information content (AvgIpc) is 2.84. The Kier molecular flexibility index (Phi) is 5.69. The summed E-state index contributed by atoms with van der Waals surface area (Å²) in [5, 5.41) is 0. The minimum Gasteiger partial charge on any atom is -0.452 e. The van der Waals surface area contributed by atoms with Crippen molar-refractivity contribution in [2.45, 2.75) is 0 Å². The molecule has 0 heterocycles. The number of nitrogens with two attached hydrogens (primary N) is 1. The smallest absolute Gasteiger partial charge is 0.340 e. The van der Waals surface area contributed by atoms with Gasteiger partial charge in [-0.15, -0.1) is 0 Å². The van der Waals surface area contributed by atoms with Crippen LogP contribution in [0.15, 0.2) is 66.7 Å². The Balaban J connectivity index is 1.43. The minimum absolute atomic E-state index is 0.0762. The molecule has 0 saturated carbocycles. The van der Waals surface area contributed by atoms with E-state index < -0.39 is 30.2 Å². The van der Waals surface area contributed by atoms with E-state index in [0.717, 1.165) is 0 Å². The predicted octanol–water partition coefficient (Wildman–Crippen LogP) is 1.66. The van der Waals surface area contributed by atoms with E-state index in [9.17, 15) is 24.0 Å². The summed E-state index contributed by atoms with van der Waals surface area (Å²) in [6, 6.07) is 17.1. The summed E-state index contributed by atoms with van der Waals surface area (Å²) in [4.78, 5) is 62.0. The summed E-state index contributed by atoms with van der Waals surface area (Å²) in [5.74, 6) is -3.14. The maximum Gasteiger partial charge on any atom is 0.340 e. The molecule has 33 heavy (non-hydrogen) atoms. The molecule has 0 saturated heterocycles. The molecule has 3 aromatic carbocycles. The van der Waals surface area contributed by atoms with Crippen LogP contribution in [0.3, 0.4) is 0 Å². The van der Waals surface area contributed by atoms with E-state index in [1.807, 2.05) is 0 Å². The number of hydrogen-bond donors (Lipinski definition) is 3. The van der Waals surface area contributed by atoms with Crippen LogP contribution in [0.5, 0.6) is 0 Å². The monoisotopic (exact) mass is 443 g/mol. The molecule has 0 fully saturated rings. The van der Waals surface area contributed by atoms with E-state index in [4.69, 9.17) is 10.5 Å². The largest absolute Gasteiger partial charge is 0.452 e. The van der Waals surface area contributed by atoms with Gasteiger partial charge in [-0.3, -0.25) is 30.0 Å². The van der Waals surface area contributed by atoms with Crippen molar-refractivity contribution in [2.75, 3.05) is 12.3 Å². The number of hydrogen-bond acceptors (Lipinski definition) is 7. The van der Waals surface area contributed by atoms with Gasteiger partial charge in [0.1, 0.15) is 0 Å². The summed E-state index contributed by atoms with van der Waals surface area (Å²) in [6.45, 7) is -0.708. The molecular weight excluding hydrogens is 426 g/mol. The first kappa shape index (κ1) is 21.4. The second-order valence-corrected chi connectivity index (χ2v) is 7.10. The van der Waals surface area contributed by atoms with Crippen molar-refractivity contribution in [3.63, 3.8) is 0 Å². The molecule has 0 atom stereocenters. The van der Waals surface area contributed by atoms with Crippen molar-refractivity contribution < 1.29 is 28.7 Å². The molecule has 1 aliphatic rings. The normalized spacial score (nSPS) is 11.8. The van der Waals surface area contributed by atoms with Crippen LogP contribution in [0.2, 0.25) is 0 Å². The van der Waals surface area contributed by atoms with Crippen molar-refractivity contribution in [1.82, 2.24) is 10.9 Å². The van der Waals surface area contributed by atoms with Gasteiger partial charge < -0.3 is 10.5 Å². The molecule has 0 aliphatic heterocycles. The zero-order chi connectivity index (χ0) is 23.5. The van der Waals surface area contributed by atoms with Crippen LogP contribution in [0.4, 0.5) is 5.69 Å². The Hall–Kier alpha value is -4.79. The fourth-order valence-electron chi connectivity index (χ4n) is 3.42. The maximum atomic E-state index is 12.9. The van der Waals surface area contributed by atoms with Crippen molar-refractivity contribution in [3.05, 3.63) is 100 Å². The van der Waals surface area contributed by atoms with Gasteiger partial charge in [0.15, 0.2) is 18.2 Å². The Morgan fingerprint density at radius 1 is 0.758 bits per heavy atom. The summed E-state index contributed by atoms with van der Waals surface area (Å²) < 4.78 is 4.95. The number of ketones is 2. The number of esters is 1. The quantitative estimate of drug-likeness (QED) is 0.247. The van der Waals surface area contributed by atoms with Crippen LogP contribution in [-0.2, 0) is 9.53 Å². The number of amides is 2. The molecule has 2 amide bonds. The third-order valence-electron chi connectivity index (χ3n) is 5.04.